The number of rotatable bonds is 7. The molecule has 5 rings (SSSR count). The highest BCUT2D eigenvalue weighted by molar-refractivity contribution is 7.90. The molecule has 0 aromatic heterocycles. The van der Waals surface area contributed by atoms with Crippen LogP contribution in [0.4, 0.5) is 9.18 Å². The molecule has 4 saturated carbocycles. The Morgan fingerprint density at radius 2 is 1.70 bits per heavy atom. The smallest absolute Gasteiger partial charge is 0.421 e. The summed E-state index contributed by atoms with van der Waals surface area (Å²) in [4.78, 5) is 12.0. The molecule has 0 aliphatic heterocycles. The monoisotopic (exact) mass is 579 g/mol. The number of halogens is 1. The van der Waals surface area contributed by atoms with Crippen molar-refractivity contribution in [2.45, 2.75) is 102 Å². The lowest BCUT2D eigenvalue weighted by Gasteiger charge is -2.64. The molecule has 1 aromatic rings. The first-order valence-corrected chi connectivity index (χ1v) is 16.7. The number of ether oxygens (including phenoxy) is 1. The molecule has 0 radical (unpaired) electrons. The van der Waals surface area contributed by atoms with Crippen molar-refractivity contribution in [1.82, 2.24) is 4.72 Å². The molecule has 4 aliphatic carbocycles. The number of fused-ring (bicyclic) bond motifs is 5. The Labute approximate surface area is 238 Å². The van der Waals surface area contributed by atoms with E-state index in [4.69, 9.17) is 4.74 Å². The van der Waals surface area contributed by atoms with Gasteiger partial charge >= 0.3 is 6.09 Å². The first-order valence-electron chi connectivity index (χ1n) is 15.2. The van der Waals surface area contributed by atoms with Crippen LogP contribution >= 0.6 is 0 Å². The van der Waals surface area contributed by atoms with E-state index in [2.05, 4.69) is 20.8 Å². The number of amides is 1. The second-order valence-corrected chi connectivity index (χ2v) is 15.2. The van der Waals surface area contributed by atoms with Crippen LogP contribution in [0.25, 0.3) is 0 Å². The predicted molar refractivity (Wildman–Crippen MR) is 149 cm³/mol. The highest BCUT2D eigenvalue weighted by Crippen LogP contribution is 2.69. The van der Waals surface area contributed by atoms with Crippen LogP contribution in [-0.2, 0) is 14.8 Å². The summed E-state index contributed by atoms with van der Waals surface area (Å²) in [5.74, 6) is 1.79. The SMILES string of the molecule is CC[C@H]1[C@@H](O)[C@@H]2[C@H](CC[C@]3(C)[C@@H](CCCOC(=O)NS(=O)(=O)c4ccc(F)cc4)CC[C@@H]23)[C@@]2(C)CC[C@@H](O)C[C@@H]12. The third-order valence-electron chi connectivity index (χ3n) is 11.9. The topological polar surface area (TPSA) is 113 Å². The van der Waals surface area contributed by atoms with Crippen molar-refractivity contribution in [2.24, 2.45) is 46.3 Å². The molecule has 0 unspecified atom stereocenters. The van der Waals surface area contributed by atoms with Crippen LogP contribution in [-0.4, -0.2) is 43.5 Å². The van der Waals surface area contributed by atoms with Crippen molar-refractivity contribution < 1.29 is 32.6 Å². The van der Waals surface area contributed by atoms with Gasteiger partial charge in [-0.3, -0.25) is 0 Å². The van der Waals surface area contributed by atoms with E-state index in [9.17, 15) is 27.8 Å². The summed E-state index contributed by atoms with van der Waals surface area (Å²) in [5.41, 5.74) is 0.310. The van der Waals surface area contributed by atoms with Gasteiger partial charge in [0.05, 0.1) is 23.7 Å². The van der Waals surface area contributed by atoms with Gasteiger partial charge in [-0.15, -0.1) is 0 Å². The Hall–Kier alpha value is -1.71. The number of hydrogen-bond donors (Lipinski definition) is 3. The average Bonchev–Trinajstić information content (AvgIpc) is 3.24. The van der Waals surface area contributed by atoms with Gasteiger partial charge in [-0.1, -0.05) is 27.2 Å². The van der Waals surface area contributed by atoms with Gasteiger partial charge in [0.25, 0.3) is 10.0 Å². The van der Waals surface area contributed by atoms with Crippen LogP contribution in [0.1, 0.15) is 85.0 Å². The van der Waals surface area contributed by atoms with Crippen LogP contribution in [0.3, 0.4) is 0 Å². The molecule has 40 heavy (non-hydrogen) atoms. The maximum atomic E-state index is 13.1. The minimum absolute atomic E-state index is 0.122. The largest absolute Gasteiger partial charge is 0.449 e. The van der Waals surface area contributed by atoms with Crippen LogP contribution in [0.15, 0.2) is 29.2 Å². The number of hydrogen-bond acceptors (Lipinski definition) is 6. The van der Waals surface area contributed by atoms with Crippen LogP contribution < -0.4 is 4.72 Å². The molecule has 1 amide bonds. The quantitative estimate of drug-likeness (QED) is 0.360. The second kappa shape index (κ2) is 11.2. The number of nitrogens with one attached hydrogen (secondary N) is 1. The predicted octanol–water partition coefficient (Wildman–Crippen LogP) is 5.65. The van der Waals surface area contributed by atoms with Gasteiger partial charge in [-0.25, -0.2) is 22.3 Å². The maximum Gasteiger partial charge on any atom is 0.421 e. The summed E-state index contributed by atoms with van der Waals surface area (Å²) >= 11 is 0. The molecule has 9 heteroatoms. The summed E-state index contributed by atoms with van der Waals surface area (Å²) < 4.78 is 44.9. The Morgan fingerprint density at radius 1 is 1.02 bits per heavy atom. The summed E-state index contributed by atoms with van der Waals surface area (Å²) in [6, 6.07) is 4.24. The van der Waals surface area contributed by atoms with E-state index in [0.717, 1.165) is 82.1 Å². The van der Waals surface area contributed by atoms with Crippen molar-refractivity contribution in [3.8, 4) is 0 Å². The van der Waals surface area contributed by atoms with Gasteiger partial charge in [0.15, 0.2) is 0 Å². The van der Waals surface area contributed by atoms with E-state index in [-0.39, 0.29) is 40.5 Å². The number of sulfonamides is 1. The Balaban J connectivity index is 1.18. The van der Waals surface area contributed by atoms with E-state index < -0.39 is 21.9 Å². The molecular weight excluding hydrogens is 533 g/mol. The molecule has 0 bridgehead atoms. The van der Waals surface area contributed by atoms with E-state index >= 15 is 0 Å². The third kappa shape index (κ3) is 5.19. The minimum Gasteiger partial charge on any atom is -0.449 e. The molecule has 0 spiro atoms. The average molecular weight is 580 g/mol. The summed E-state index contributed by atoms with van der Waals surface area (Å²) in [5, 5.41) is 22.3. The number of carbonyl (C=O) groups excluding carboxylic acids is 1. The van der Waals surface area contributed by atoms with Crippen molar-refractivity contribution in [3.05, 3.63) is 30.1 Å². The standard InChI is InChI=1S/C31H46FNO6S/c1-4-23-26-18-21(34)13-15-31(26,3)25-14-16-30(2)19(7-12-24(30)27(25)28(23)35)6-5-17-39-29(36)33-40(37,38)22-10-8-20(32)9-11-22/h8-11,19,21,23-28,34-35H,4-7,12-18H2,1-3H3,(H,33,36)/t19-,21+,23+,24-,25-,26-,27-,28+,30+,31+/m0/s1. The molecule has 10 atom stereocenters. The Bertz CT molecular complexity index is 1180. The Kier molecular flexibility index (Phi) is 8.32. The highest BCUT2D eigenvalue weighted by atomic mass is 32.2. The summed E-state index contributed by atoms with van der Waals surface area (Å²) in [6.07, 6.45) is 8.07. The molecule has 3 N–H and O–H groups in total. The second-order valence-electron chi connectivity index (χ2n) is 13.5. The minimum atomic E-state index is -4.12. The summed E-state index contributed by atoms with van der Waals surface area (Å²) in [6.45, 7) is 7.16. The zero-order valence-electron chi connectivity index (χ0n) is 24.0. The lowest BCUT2D eigenvalue weighted by molar-refractivity contribution is -0.202. The Morgan fingerprint density at radius 3 is 2.40 bits per heavy atom. The molecule has 224 valence electrons. The van der Waals surface area contributed by atoms with Crippen molar-refractivity contribution in [2.75, 3.05) is 6.61 Å². The molecule has 0 heterocycles. The summed E-state index contributed by atoms with van der Waals surface area (Å²) in [7, 11) is -4.12. The van der Waals surface area contributed by atoms with Gasteiger partial charge in [-0.2, -0.15) is 0 Å². The van der Waals surface area contributed by atoms with E-state index in [1.165, 1.54) is 0 Å². The third-order valence-corrected chi connectivity index (χ3v) is 13.2. The number of aliphatic hydroxyl groups is 2. The zero-order valence-corrected chi connectivity index (χ0v) is 24.8. The fourth-order valence-electron chi connectivity index (χ4n) is 9.85. The molecule has 0 saturated heterocycles. The number of carbonyl (C=O) groups is 1. The van der Waals surface area contributed by atoms with Gasteiger partial charge < -0.3 is 14.9 Å². The van der Waals surface area contributed by atoms with Crippen LogP contribution in [0, 0.1) is 52.2 Å². The molecule has 4 fully saturated rings. The molecule has 1 aromatic carbocycles. The first-order chi connectivity index (χ1) is 18.9. The first kappa shape index (κ1) is 29.8. The van der Waals surface area contributed by atoms with Crippen LogP contribution in [0.5, 0.6) is 0 Å². The highest BCUT2D eigenvalue weighted by Gasteiger charge is 2.64. The number of aliphatic hydroxyl groups excluding tert-OH is 2. The number of benzene rings is 1. The lowest BCUT2D eigenvalue weighted by Crippen LogP contribution is -2.62. The van der Waals surface area contributed by atoms with Gasteiger partial charge in [-0.05, 0) is 128 Å². The normalized spacial score (nSPS) is 41.0. The van der Waals surface area contributed by atoms with Gasteiger partial charge in [0.2, 0.25) is 0 Å². The maximum absolute atomic E-state index is 13.1. The zero-order chi connectivity index (χ0) is 28.9. The van der Waals surface area contributed by atoms with Gasteiger partial charge in [0.1, 0.15) is 5.82 Å². The van der Waals surface area contributed by atoms with Crippen LogP contribution in [0.2, 0.25) is 0 Å². The van der Waals surface area contributed by atoms with Crippen molar-refractivity contribution >= 4 is 16.1 Å². The van der Waals surface area contributed by atoms with Crippen molar-refractivity contribution in [3.63, 3.8) is 0 Å². The molecule has 7 nitrogen and oxygen atoms in total. The lowest BCUT2D eigenvalue weighted by atomic mass is 9.41. The van der Waals surface area contributed by atoms with E-state index in [1.807, 2.05) is 4.72 Å². The van der Waals surface area contributed by atoms with Gasteiger partial charge in [0, 0.05) is 0 Å². The fourth-order valence-corrected chi connectivity index (χ4v) is 10.7. The molecular formula is C31H46FNO6S. The van der Waals surface area contributed by atoms with E-state index in [1.54, 1.807) is 0 Å². The van der Waals surface area contributed by atoms with Crippen molar-refractivity contribution in [1.29, 1.82) is 0 Å². The molecule has 4 aliphatic rings. The van der Waals surface area contributed by atoms with E-state index in [0.29, 0.717) is 36.0 Å². The fraction of sp³-hybridized carbons (Fsp3) is 0.774.